The Hall–Kier alpha value is -3.43. The molecule has 0 saturated carbocycles. The van der Waals surface area contributed by atoms with Crippen molar-refractivity contribution in [3.8, 4) is 5.75 Å². The molecule has 2 N–H and O–H groups in total. The molecule has 8 nitrogen and oxygen atoms in total. The van der Waals surface area contributed by atoms with Crippen molar-refractivity contribution in [3.05, 3.63) is 71.1 Å². The van der Waals surface area contributed by atoms with E-state index in [9.17, 15) is 13.2 Å². The van der Waals surface area contributed by atoms with Crippen LogP contribution < -0.4 is 14.8 Å². The van der Waals surface area contributed by atoms with E-state index in [0.717, 1.165) is 11.1 Å². The maximum Gasteiger partial charge on any atom is 0.240 e. The van der Waals surface area contributed by atoms with Crippen molar-refractivity contribution in [2.45, 2.75) is 31.7 Å². The smallest absolute Gasteiger partial charge is 0.240 e. The summed E-state index contributed by atoms with van der Waals surface area (Å²) in [5.41, 5.74) is 2.69. The van der Waals surface area contributed by atoms with Gasteiger partial charge in [-0.05, 0) is 48.4 Å². The highest BCUT2D eigenvalue weighted by atomic mass is 32.2. The molecule has 0 spiro atoms. The van der Waals surface area contributed by atoms with Gasteiger partial charge in [0.05, 0.1) is 12.0 Å². The van der Waals surface area contributed by atoms with Crippen LogP contribution >= 0.6 is 0 Å². The summed E-state index contributed by atoms with van der Waals surface area (Å²) in [5, 5.41) is 6.65. The zero-order valence-corrected chi connectivity index (χ0v) is 18.9. The molecule has 1 amide bonds. The molecule has 0 saturated heterocycles. The van der Waals surface area contributed by atoms with Gasteiger partial charge in [0.1, 0.15) is 17.1 Å². The van der Waals surface area contributed by atoms with Gasteiger partial charge in [-0.2, -0.15) is 0 Å². The van der Waals surface area contributed by atoms with E-state index >= 15 is 0 Å². The van der Waals surface area contributed by atoms with Gasteiger partial charge in [-0.1, -0.05) is 42.4 Å². The molecule has 1 heterocycles. The first-order chi connectivity index (χ1) is 15.3. The minimum atomic E-state index is -3.66. The van der Waals surface area contributed by atoms with Crippen molar-refractivity contribution in [1.82, 2.24) is 9.88 Å². The van der Waals surface area contributed by atoms with Crippen LogP contribution in [-0.2, 0) is 21.4 Å². The molecule has 3 rings (SSSR count). The minimum Gasteiger partial charge on any atom is -0.497 e. The van der Waals surface area contributed by atoms with Crippen molar-refractivity contribution in [2.75, 3.05) is 12.4 Å². The van der Waals surface area contributed by atoms with Crippen molar-refractivity contribution in [1.29, 1.82) is 0 Å². The normalized spacial score (nSPS) is 11.6. The molecule has 0 radical (unpaired) electrons. The summed E-state index contributed by atoms with van der Waals surface area (Å²) >= 11 is 0. The topological polar surface area (TPSA) is 111 Å². The molecule has 32 heavy (non-hydrogen) atoms. The second kappa shape index (κ2) is 10.3. The first kappa shape index (κ1) is 23.2. The lowest BCUT2D eigenvalue weighted by atomic mass is 10.2. The van der Waals surface area contributed by atoms with Crippen molar-refractivity contribution < 1.29 is 22.5 Å². The van der Waals surface area contributed by atoms with E-state index < -0.39 is 10.0 Å². The Kier molecular flexibility index (Phi) is 7.45. The number of ether oxygens (including phenoxy) is 1. The SMILES string of the molecule is CCC(=O)Nc1c(C)noc1/C=C\c1ccc(S(=O)(=O)NCc2ccc(OC)cc2)cc1. The van der Waals surface area contributed by atoms with Crippen molar-refractivity contribution in [3.63, 3.8) is 0 Å². The second-order valence-corrected chi connectivity index (χ2v) is 8.75. The standard InChI is InChI=1S/C23H25N3O5S/c1-4-22(27)25-23-16(2)26-31-21(23)14-9-17-7-12-20(13-8-17)32(28,29)24-15-18-5-10-19(30-3)11-6-18/h5-14,24H,4,15H2,1-3H3,(H,25,27)/b14-9-. The Bertz CT molecular complexity index is 1200. The number of hydrogen-bond donors (Lipinski definition) is 2. The highest BCUT2D eigenvalue weighted by Crippen LogP contribution is 2.23. The molecule has 2 aromatic carbocycles. The summed E-state index contributed by atoms with van der Waals surface area (Å²) in [7, 11) is -2.08. The van der Waals surface area contributed by atoms with Crippen molar-refractivity contribution >= 4 is 33.8 Å². The quantitative estimate of drug-likeness (QED) is 0.505. The molecule has 0 bridgehead atoms. The predicted octanol–water partition coefficient (Wildman–Crippen LogP) is 3.99. The Morgan fingerprint density at radius 2 is 1.78 bits per heavy atom. The number of sulfonamides is 1. The van der Waals surface area contributed by atoms with Crippen LogP contribution in [0.3, 0.4) is 0 Å². The number of anilines is 1. The summed E-state index contributed by atoms with van der Waals surface area (Å²) < 4.78 is 38.1. The number of carbonyl (C=O) groups is 1. The number of methoxy groups -OCH3 is 1. The minimum absolute atomic E-state index is 0.136. The number of hydrogen-bond acceptors (Lipinski definition) is 6. The monoisotopic (exact) mass is 455 g/mol. The number of aromatic nitrogens is 1. The van der Waals surface area contributed by atoms with Crippen LogP contribution in [-0.4, -0.2) is 26.6 Å². The maximum absolute atomic E-state index is 12.6. The van der Waals surface area contributed by atoms with Crippen LogP contribution in [0, 0.1) is 6.92 Å². The fraction of sp³-hybridized carbons (Fsp3) is 0.217. The first-order valence-electron chi connectivity index (χ1n) is 9.99. The lowest BCUT2D eigenvalue weighted by Crippen LogP contribution is -2.23. The van der Waals surface area contributed by atoms with E-state index in [1.807, 2.05) is 0 Å². The molecule has 3 aromatic rings. The third-order valence-electron chi connectivity index (χ3n) is 4.72. The summed E-state index contributed by atoms with van der Waals surface area (Å²) in [6, 6.07) is 13.6. The molecule has 9 heteroatoms. The number of aryl methyl sites for hydroxylation is 1. The largest absolute Gasteiger partial charge is 0.497 e. The molecule has 0 aliphatic carbocycles. The zero-order chi connectivity index (χ0) is 23.1. The van der Waals surface area contributed by atoms with E-state index in [0.29, 0.717) is 29.3 Å². The number of amides is 1. The number of carbonyl (C=O) groups excluding carboxylic acids is 1. The summed E-state index contributed by atoms with van der Waals surface area (Å²) in [6.45, 7) is 3.67. The Labute approximate surface area is 187 Å². The molecular weight excluding hydrogens is 430 g/mol. The molecule has 1 aromatic heterocycles. The summed E-state index contributed by atoms with van der Waals surface area (Å²) in [4.78, 5) is 11.9. The number of rotatable bonds is 9. The van der Waals surface area contributed by atoms with Gasteiger partial charge in [-0.25, -0.2) is 13.1 Å². The van der Waals surface area contributed by atoms with Crippen molar-refractivity contribution in [2.24, 2.45) is 0 Å². The van der Waals surface area contributed by atoms with E-state index in [1.165, 1.54) is 12.1 Å². The van der Waals surface area contributed by atoms with Gasteiger partial charge < -0.3 is 14.6 Å². The highest BCUT2D eigenvalue weighted by molar-refractivity contribution is 7.89. The lowest BCUT2D eigenvalue weighted by Gasteiger charge is -2.08. The average molecular weight is 456 g/mol. The molecule has 0 atom stereocenters. The van der Waals surface area contributed by atoms with Crippen LogP contribution in [0.5, 0.6) is 5.75 Å². The maximum atomic E-state index is 12.6. The van der Waals surface area contributed by atoms with Crippen LogP contribution in [0.25, 0.3) is 12.2 Å². The fourth-order valence-corrected chi connectivity index (χ4v) is 3.83. The van der Waals surface area contributed by atoms with E-state index in [2.05, 4.69) is 15.2 Å². The van der Waals surface area contributed by atoms with Gasteiger partial charge in [0.25, 0.3) is 0 Å². The Balaban J connectivity index is 1.67. The molecule has 0 aliphatic rings. The molecule has 0 fully saturated rings. The Morgan fingerprint density at radius 1 is 1.09 bits per heavy atom. The third-order valence-corrected chi connectivity index (χ3v) is 6.13. The molecule has 0 unspecified atom stereocenters. The van der Waals surface area contributed by atoms with Crippen LogP contribution in [0.2, 0.25) is 0 Å². The van der Waals surface area contributed by atoms with Crippen LogP contribution in [0.15, 0.2) is 57.9 Å². The van der Waals surface area contributed by atoms with Crippen LogP contribution in [0.4, 0.5) is 5.69 Å². The Morgan fingerprint density at radius 3 is 2.41 bits per heavy atom. The molecule has 0 aliphatic heterocycles. The summed E-state index contributed by atoms with van der Waals surface area (Å²) in [5.74, 6) is 0.991. The third kappa shape index (κ3) is 5.83. The predicted molar refractivity (Wildman–Crippen MR) is 123 cm³/mol. The highest BCUT2D eigenvalue weighted by Gasteiger charge is 2.14. The van der Waals surface area contributed by atoms with E-state index in [1.54, 1.807) is 69.5 Å². The summed E-state index contributed by atoms with van der Waals surface area (Å²) in [6.07, 6.45) is 3.77. The lowest BCUT2D eigenvalue weighted by molar-refractivity contribution is -0.115. The fourth-order valence-electron chi connectivity index (χ4n) is 2.82. The number of nitrogens with zero attached hydrogens (tertiary/aromatic N) is 1. The second-order valence-electron chi connectivity index (χ2n) is 6.98. The molecule has 168 valence electrons. The van der Waals surface area contributed by atoms with Gasteiger partial charge >= 0.3 is 0 Å². The average Bonchev–Trinajstić information content (AvgIpc) is 3.15. The van der Waals surface area contributed by atoms with E-state index in [-0.39, 0.29) is 17.3 Å². The van der Waals surface area contributed by atoms with E-state index in [4.69, 9.17) is 9.26 Å². The zero-order valence-electron chi connectivity index (χ0n) is 18.1. The molecular formula is C23H25N3O5S. The van der Waals surface area contributed by atoms with Gasteiger partial charge in [-0.3, -0.25) is 4.79 Å². The van der Waals surface area contributed by atoms with Gasteiger partial charge in [0.2, 0.25) is 15.9 Å². The van der Waals surface area contributed by atoms with Gasteiger partial charge in [0, 0.05) is 13.0 Å². The van der Waals surface area contributed by atoms with Gasteiger partial charge in [0.15, 0.2) is 5.76 Å². The number of nitrogens with one attached hydrogen (secondary N) is 2. The van der Waals surface area contributed by atoms with Crippen LogP contribution in [0.1, 0.15) is 35.9 Å². The first-order valence-corrected chi connectivity index (χ1v) is 11.5. The van der Waals surface area contributed by atoms with Gasteiger partial charge in [-0.15, -0.1) is 0 Å². The number of benzene rings is 2.